The van der Waals surface area contributed by atoms with Crippen molar-refractivity contribution in [2.45, 2.75) is 13.2 Å². The third-order valence-corrected chi connectivity index (χ3v) is 1.10. The van der Waals surface area contributed by atoms with Gasteiger partial charge in [0.05, 0.1) is 12.5 Å². The van der Waals surface area contributed by atoms with Crippen LogP contribution in [0.3, 0.4) is 0 Å². The monoisotopic (exact) mass is 150 g/mol. The minimum Gasteiger partial charge on any atom is -0.301 e. The smallest absolute Gasteiger partial charge is 0.280 e. The van der Waals surface area contributed by atoms with Crippen molar-refractivity contribution in [2.75, 3.05) is 0 Å². The fourth-order valence-corrected chi connectivity index (χ4v) is 0.613. The molecule has 0 aliphatic heterocycles. The number of halogens is 3. The van der Waals surface area contributed by atoms with Gasteiger partial charge in [-0.05, 0) is 0 Å². The zero-order valence-electron chi connectivity index (χ0n) is 4.97. The van der Waals surface area contributed by atoms with Crippen LogP contribution in [0.25, 0.3) is 0 Å². The maximum absolute atomic E-state index is 11.8. The van der Waals surface area contributed by atoms with Crippen LogP contribution < -0.4 is 0 Å². The Hall–Kier alpha value is -1.00. The second kappa shape index (κ2) is 2.72. The summed E-state index contributed by atoms with van der Waals surface area (Å²) in [6.45, 7) is -0.959. The molecule has 0 radical (unpaired) electrons. The van der Waals surface area contributed by atoms with E-state index in [1.807, 2.05) is 0 Å². The van der Waals surface area contributed by atoms with Crippen LogP contribution in [-0.4, -0.2) is 9.55 Å². The van der Waals surface area contributed by atoms with Crippen LogP contribution in [0.1, 0.15) is 12.1 Å². The SMILES string of the molecule is FCn1cncc1C(F)F. The molecule has 0 fully saturated rings. The molecule has 10 heavy (non-hydrogen) atoms. The molecule has 5 heteroatoms. The lowest BCUT2D eigenvalue weighted by molar-refractivity contribution is 0.136. The van der Waals surface area contributed by atoms with Crippen LogP contribution in [0.5, 0.6) is 0 Å². The van der Waals surface area contributed by atoms with Crippen LogP contribution in [0.4, 0.5) is 13.2 Å². The van der Waals surface area contributed by atoms with Crippen molar-refractivity contribution in [1.82, 2.24) is 9.55 Å². The van der Waals surface area contributed by atoms with E-state index in [0.717, 1.165) is 17.1 Å². The molecule has 0 unspecified atom stereocenters. The van der Waals surface area contributed by atoms with E-state index in [1.165, 1.54) is 0 Å². The van der Waals surface area contributed by atoms with Crippen LogP contribution in [0, 0.1) is 0 Å². The third-order valence-electron chi connectivity index (χ3n) is 1.10. The van der Waals surface area contributed by atoms with Gasteiger partial charge in [0.2, 0.25) is 0 Å². The predicted octanol–water partition coefficient (Wildman–Crippen LogP) is 1.75. The molecular weight excluding hydrogens is 145 g/mol. The fraction of sp³-hybridized carbons (Fsp3) is 0.400. The van der Waals surface area contributed by atoms with E-state index in [1.54, 1.807) is 0 Å². The average molecular weight is 150 g/mol. The minimum atomic E-state index is -2.65. The number of hydrogen-bond donors (Lipinski definition) is 0. The second-order valence-corrected chi connectivity index (χ2v) is 1.71. The normalized spacial score (nSPS) is 10.8. The van der Waals surface area contributed by atoms with E-state index in [-0.39, 0.29) is 5.69 Å². The molecule has 0 atom stereocenters. The van der Waals surface area contributed by atoms with Crippen molar-refractivity contribution < 1.29 is 13.2 Å². The van der Waals surface area contributed by atoms with Gasteiger partial charge in [0.1, 0.15) is 5.69 Å². The Balaban J connectivity index is 2.90. The maximum Gasteiger partial charge on any atom is 0.280 e. The quantitative estimate of drug-likeness (QED) is 0.627. The molecule has 56 valence electrons. The van der Waals surface area contributed by atoms with Gasteiger partial charge in [-0.3, -0.25) is 0 Å². The molecule has 0 bridgehead atoms. The van der Waals surface area contributed by atoms with Gasteiger partial charge in [-0.25, -0.2) is 18.2 Å². The minimum absolute atomic E-state index is 0.387. The molecule has 1 aromatic rings. The summed E-state index contributed by atoms with van der Waals surface area (Å²) in [5.41, 5.74) is -0.387. The van der Waals surface area contributed by atoms with E-state index in [4.69, 9.17) is 0 Å². The summed E-state index contributed by atoms with van der Waals surface area (Å²) in [5, 5.41) is 0. The second-order valence-electron chi connectivity index (χ2n) is 1.71. The lowest BCUT2D eigenvalue weighted by Crippen LogP contribution is -1.97. The summed E-state index contributed by atoms with van der Waals surface area (Å²) < 4.78 is 36.2. The first kappa shape index (κ1) is 7.11. The highest BCUT2D eigenvalue weighted by Gasteiger charge is 2.11. The van der Waals surface area contributed by atoms with Crippen LogP contribution in [0.15, 0.2) is 12.5 Å². The molecule has 1 heterocycles. The summed E-state index contributed by atoms with van der Waals surface area (Å²) in [4.78, 5) is 3.36. The first-order valence-corrected chi connectivity index (χ1v) is 2.60. The Morgan fingerprint density at radius 3 is 2.70 bits per heavy atom. The summed E-state index contributed by atoms with van der Waals surface area (Å²) in [6.07, 6.45) is -0.676. The molecule has 0 aromatic carbocycles. The van der Waals surface area contributed by atoms with Gasteiger partial charge >= 0.3 is 0 Å². The number of nitrogens with zero attached hydrogens (tertiary/aromatic N) is 2. The van der Waals surface area contributed by atoms with Crippen molar-refractivity contribution in [2.24, 2.45) is 0 Å². The number of hydrogen-bond acceptors (Lipinski definition) is 1. The number of imidazole rings is 1. The van der Waals surface area contributed by atoms with Gasteiger partial charge in [0.25, 0.3) is 6.43 Å². The standard InChI is InChI=1S/C5H5F3N2/c6-2-10-3-9-1-4(10)5(7)8/h1,3,5H,2H2. The Morgan fingerprint density at radius 2 is 2.30 bits per heavy atom. The highest BCUT2D eigenvalue weighted by Crippen LogP contribution is 2.17. The average Bonchev–Trinajstić information content (AvgIpc) is 2.33. The molecule has 0 spiro atoms. The third kappa shape index (κ3) is 1.12. The lowest BCUT2D eigenvalue weighted by Gasteiger charge is -1.99. The summed E-state index contributed by atoms with van der Waals surface area (Å²) >= 11 is 0. The maximum atomic E-state index is 11.8. The van der Waals surface area contributed by atoms with Gasteiger partial charge in [0.15, 0.2) is 6.80 Å². The molecule has 1 rings (SSSR count). The Kier molecular flexibility index (Phi) is 1.94. The van der Waals surface area contributed by atoms with E-state index in [0.29, 0.717) is 0 Å². The highest BCUT2D eigenvalue weighted by molar-refractivity contribution is 4.98. The molecule has 0 aliphatic carbocycles. The van der Waals surface area contributed by atoms with Gasteiger partial charge in [0, 0.05) is 0 Å². The van der Waals surface area contributed by atoms with Crippen molar-refractivity contribution in [3.05, 3.63) is 18.2 Å². The van der Waals surface area contributed by atoms with Gasteiger partial charge < -0.3 is 4.57 Å². The van der Waals surface area contributed by atoms with Crippen molar-refractivity contribution in [3.63, 3.8) is 0 Å². The van der Waals surface area contributed by atoms with E-state index in [9.17, 15) is 13.2 Å². The summed E-state index contributed by atoms with van der Waals surface area (Å²) in [7, 11) is 0. The molecule has 0 aliphatic rings. The lowest BCUT2D eigenvalue weighted by atomic mass is 10.5. The Labute approximate surface area is 55.3 Å². The summed E-state index contributed by atoms with van der Waals surface area (Å²) in [5.74, 6) is 0. The van der Waals surface area contributed by atoms with Gasteiger partial charge in [-0.1, -0.05) is 0 Å². The van der Waals surface area contributed by atoms with Crippen molar-refractivity contribution in [1.29, 1.82) is 0 Å². The number of rotatable bonds is 2. The van der Waals surface area contributed by atoms with Gasteiger partial charge in [-0.15, -0.1) is 0 Å². The van der Waals surface area contributed by atoms with E-state index < -0.39 is 13.2 Å². The largest absolute Gasteiger partial charge is 0.301 e. The molecule has 0 amide bonds. The van der Waals surface area contributed by atoms with E-state index in [2.05, 4.69) is 4.98 Å². The molecule has 0 saturated carbocycles. The highest BCUT2D eigenvalue weighted by atomic mass is 19.3. The first-order valence-electron chi connectivity index (χ1n) is 2.60. The van der Waals surface area contributed by atoms with Gasteiger partial charge in [-0.2, -0.15) is 0 Å². The molecule has 0 saturated heterocycles. The van der Waals surface area contributed by atoms with Crippen LogP contribution in [-0.2, 0) is 6.80 Å². The molecular formula is C5H5F3N2. The zero-order chi connectivity index (χ0) is 7.56. The van der Waals surface area contributed by atoms with E-state index >= 15 is 0 Å². The zero-order valence-corrected chi connectivity index (χ0v) is 4.97. The van der Waals surface area contributed by atoms with Crippen molar-refractivity contribution >= 4 is 0 Å². The van der Waals surface area contributed by atoms with Crippen LogP contribution >= 0.6 is 0 Å². The Bertz CT molecular complexity index is 208. The fourth-order valence-electron chi connectivity index (χ4n) is 0.613. The number of aromatic nitrogens is 2. The molecule has 2 nitrogen and oxygen atoms in total. The van der Waals surface area contributed by atoms with Crippen molar-refractivity contribution in [3.8, 4) is 0 Å². The summed E-state index contributed by atoms with van der Waals surface area (Å²) in [6, 6.07) is 0. The molecule has 1 aromatic heterocycles. The predicted molar refractivity (Wildman–Crippen MR) is 28.3 cm³/mol. The first-order chi connectivity index (χ1) is 4.75. The number of alkyl halides is 3. The Morgan fingerprint density at radius 1 is 1.60 bits per heavy atom. The molecule has 0 N–H and O–H groups in total. The topological polar surface area (TPSA) is 17.8 Å². The van der Waals surface area contributed by atoms with Crippen LogP contribution in [0.2, 0.25) is 0 Å².